The number of hydrogen-bond donors (Lipinski definition) is 2. The number of rotatable bonds is 7. The van der Waals surface area contributed by atoms with Gasteiger partial charge < -0.3 is 11.1 Å². The van der Waals surface area contributed by atoms with E-state index in [1.165, 1.54) is 35.2 Å². The van der Waals surface area contributed by atoms with Gasteiger partial charge in [0.1, 0.15) is 0 Å². The normalized spacial score (nSPS) is 12.5. The van der Waals surface area contributed by atoms with Crippen LogP contribution < -0.4 is 11.1 Å². The lowest BCUT2D eigenvalue weighted by atomic mass is 9.95. The molecule has 18 heavy (non-hydrogen) atoms. The van der Waals surface area contributed by atoms with Crippen LogP contribution in [-0.2, 0) is 0 Å². The summed E-state index contributed by atoms with van der Waals surface area (Å²) in [6.07, 6.45) is 4.64. The summed E-state index contributed by atoms with van der Waals surface area (Å²) in [5.41, 5.74) is 11.4. The molecule has 0 radical (unpaired) electrons. The Bertz CT molecular complexity index is 372. The van der Waals surface area contributed by atoms with Crippen LogP contribution in [0.5, 0.6) is 0 Å². The van der Waals surface area contributed by atoms with Crippen LogP contribution in [0.25, 0.3) is 0 Å². The van der Waals surface area contributed by atoms with Gasteiger partial charge in [-0.25, -0.2) is 0 Å². The molecule has 3 N–H and O–H groups in total. The number of hydrogen-bond acceptors (Lipinski definition) is 2. The van der Waals surface area contributed by atoms with Crippen molar-refractivity contribution in [2.24, 2.45) is 5.73 Å². The largest absolute Gasteiger partial charge is 0.385 e. The lowest BCUT2D eigenvalue weighted by Gasteiger charge is -2.18. The van der Waals surface area contributed by atoms with Crippen LogP contribution in [0.2, 0.25) is 0 Å². The molecule has 2 heteroatoms. The highest BCUT2D eigenvalue weighted by Gasteiger charge is 2.10. The minimum Gasteiger partial charge on any atom is -0.385 e. The molecule has 0 fully saturated rings. The standard InChI is InChI=1S/C16H28N2/c1-5-7-9-18-16-11-12(3)14(10-13(16)4)15(17)8-6-2/h10-11,15,18H,5-9,17H2,1-4H3. The van der Waals surface area contributed by atoms with Crippen molar-refractivity contribution in [2.45, 2.75) is 59.4 Å². The highest BCUT2D eigenvalue weighted by atomic mass is 14.9. The van der Waals surface area contributed by atoms with Gasteiger partial charge in [0, 0.05) is 18.3 Å². The van der Waals surface area contributed by atoms with Gasteiger partial charge in [0.2, 0.25) is 0 Å². The highest BCUT2D eigenvalue weighted by molar-refractivity contribution is 5.55. The van der Waals surface area contributed by atoms with Gasteiger partial charge >= 0.3 is 0 Å². The zero-order valence-corrected chi connectivity index (χ0v) is 12.3. The molecule has 0 heterocycles. The van der Waals surface area contributed by atoms with Crippen LogP contribution >= 0.6 is 0 Å². The van der Waals surface area contributed by atoms with Crippen LogP contribution in [-0.4, -0.2) is 6.54 Å². The van der Waals surface area contributed by atoms with Crippen molar-refractivity contribution >= 4 is 5.69 Å². The average molecular weight is 248 g/mol. The molecule has 0 saturated carbocycles. The molecule has 2 nitrogen and oxygen atoms in total. The maximum atomic E-state index is 6.23. The van der Waals surface area contributed by atoms with Crippen LogP contribution in [0, 0.1) is 13.8 Å². The monoisotopic (exact) mass is 248 g/mol. The van der Waals surface area contributed by atoms with E-state index in [1.54, 1.807) is 0 Å². The van der Waals surface area contributed by atoms with Crippen molar-refractivity contribution < 1.29 is 0 Å². The quantitative estimate of drug-likeness (QED) is 0.705. The van der Waals surface area contributed by atoms with E-state index in [0.29, 0.717) is 0 Å². The maximum Gasteiger partial charge on any atom is 0.0372 e. The van der Waals surface area contributed by atoms with Gasteiger partial charge in [0.25, 0.3) is 0 Å². The summed E-state index contributed by atoms with van der Waals surface area (Å²) in [5, 5.41) is 3.51. The summed E-state index contributed by atoms with van der Waals surface area (Å²) in [6, 6.07) is 4.68. The molecule has 0 aromatic heterocycles. The summed E-state index contributed by atoms with van der Waals surface area (Å²) in [7, 11) is 0. The van der Waals surface area contributed by atoms with Crippen molar-refractivity contribution in [3.8, 4) is 0 Å². The molecule has 0 aliphatic carbocycles. The molecule has 0 amide bonds. The number of anilines is 1. The molecule has 0 aliphatic heterocycles. The van der Waals surface area contributed by atoms with Gasteiger partial charge in [-0.3, -0.25) is 0 Å². The maximum absolute atomic E-state index is 6.23. The molecule has 0 aliphatic rings. The summed E-state index contributed by atoms with van der Waals surface area (Å²) < 4.78 is 0. The molecule has 0 bridgehead atoms. The second kappa shape index (κ2) is 7.42. The number of benzene rings is 1. The predicted molar refractivity (Wildman–Crippen MR) is 81.2 cm³/mol. The van der Waals surface area contributed by atoms with Crippen molar-refractivity contribution in [1.82, 2.24) is 0 Å². The van der Waals surface area contributed by atoms with Gasteiger partial charge in [0.05, 0.1) is 0 Å². The van der Waals surface area contributed by atoms with E-state index >= 15 is 0 Å². The first-order chi connectivity index (χ1) is 8.60. The topological polar surface area (TPSA) is 38.0 Å². The molecular weight excluding hydrogens is 220 g/mol. The molecular formula is C16H28N2. The Kier molecular flexibility index (Phi) is 6.20. The minimum atomic E-state index is 0.179. The van der Waals surface area contributed by atoms with E-state index in [2.05, 4.69) is 45.1 Å². The number of nitrogens with two attached hydrogens (primary N) is 1. The highest BCUT2D eigenvalue weighted by Crippen LogP contribution is 2.26. The second-order valence-electron chi connectivity index (χ2n) is 5.20. The van der Waals surface area contributed by atoms with E-state index in [9.17, 15) is 0 Å². The van der Waals surface area contributed by atoms with Crippen molar-refractivity contribution in [3.05, 3.63) is 28.8 Å². The van der Waals surface area contributed by atoms with Crippen molar-refractivity contribution in [1.29, 1.82) is 0 Å². The van der Waals surface area contributed by atoms with Crippen LogP contribution in [0.15, 0.2) is 12.1 Å². The first-order valence-corrected chi connectivity index (χ1v) is 7.20. The van der Waals surface area contributed by atoms with Gasteiger partial charge in [-0.05, 0) is 49.4 Å². The lowest BCUT2D eigenvalue weighted by Crippen LogP contribution is -2.12. The molecule has 1 aromatic rings. The average Bonchev–Trinajstić information content (AvgIpc) is 2.33. The van der Waals surface area contributed by atoms with E-state index in [-0.39, 0.29) is 6.04 Å². The minimum absolute atomic E-state index is 0.179. The van der Waals surface area contributed by atoms with E-state index < -0.39 is 0 Å². The molecule has 1 aromatic carbocycles. The Morgan fingerprint density at radius 2 is 1.83 bits per heavy atom. The third-order valence-corrected chi connectivity index (χ3v) is 3.46. The number of unbranched alkanes of at least 4 members (excludes halogenated alkanes) is 1. The Morgan fingerprint density at radius 1 is 1.11 bits per heavy atom. The third-order valence-electron chi connectivity index (χ3n) is 3.46. The number of aryl methyl sites for hydroxylation is 2. The fourth-order valence-corrected chi connectivity index (χ4v) is 2.29. The summed E-state index contributed by atoms with van der Waals surface area (Å²) in [4.78, 5) is 0. The third kappa shape index (κ3) is 4.02. The van der Waals surface area contributed by atoms with E-state index in [0.717, 1.165) is 19.4 Å². The fraction of sp³-hybridized carbons (Fsp3) is 0.625. The first kappa shape index (κ1) is 15.0. The molecule has 102 valence electrons. The smallest absolute Gasteiger partial charge is 0.0372 e. The predicted octanol–water partition coefficient (Wildman–Crippen LogP) is 4.32. The SMILES string of the molecule is CCCCNc1cc(C)c(C(N)CCC)cc1C. The summed E-state index contributed by atoms with van der Waals surface area (Å²) in [5.74, 6) is 0. The van der Waals surface area contributed by atoms with Crippen LogP contribution in [0.4, 0.5) is 5.69 Å². The Morgan fingerprint density at radius 3 is 2.44 bits per heavy atom. The zero-order chi connectivity index (χ0) is 13.5. The Balaban J connectivity index is 2.83. The lowest BCUT2D eigenvalue weighted by molar-refractivity contribution is 0.635. The van der Waals surface area contributed by atoms with Crippen LogP contribution in [0.1, 0.15) is 62.3 Å². The summed E-state index contributed by atoms with van der Waals surface area (Å²) >= 11 is 0. The van der Waals surface area contributed by atoms with Gasteiger partial charge in [0.15, 0.2) is 0 Å². The molecule has 0 saturated heterocycles. The van der Waals surface area contributed by atoms with Gasteiger partial charge in [-0.2, -0.15) is 0 Å². The molecule has 1 rings (SSSR count). The molecule has 0 spiro atoms. The van der Waals surface area contributed by atoms with E-state index in [1.807, 2.05) is 0 Å². The van der Waals surface area contributed by atoms with Crippen LogP contribution in [0.3, 0.4) is 0 Å². The first-order valence-electron chi connectivity index (χ1n) is 7.20. The summed E-state index contributed by atoms with van der Waals surface area (Å²) in [6.45, 7) is 9.78. The van der Waals surface area contributed by atoms with Crippen molar-refractivity contribution in [2.75, 3.05) is 11.9 Å². The molecule has 1 unspecified atom stereocenters. The second-order valence-corrected chi connectivity index (χ2v) is 5.20. The van der Waals surface area contributed by atoms with Gasteiger partial charge in [-0.15, -0.1) is 0 Å². The number of nitrogens with one attached hydrogen (secondary N) is 1. The molecule has 1 atom stereocenters. The zero-order valence-electron chi connectivity index (χ0n) is 12.3. The van der Waals surface area contributed by atoms with E-state index in [4.69, 9.17) is 5.73 Å². The Hall–Kier alpha value is -1.02. The van der Waals surface area contributed by atoms with Gasteiger partial charge in [-0.1, -0.05) is 32.8 Å². The fourth-order valence-electron chi connectivity index (χ4n) is 2.29. The van der Waals surface area contributed by atoms with Crippen molar-refractivity contribution in [3.63, 3.8) is 0 Å². The Labute approximate surface area is 112 Å².